The Labute approximate surface area is 122 Å². The van der Waals surface area contributed by atoms with Gasteiger partial charge in [-0.1, -0.05) is 32.0 Å². The lowest BCUT2D eigenvalue weighted by Gasteiger charge is -2.33. The van der Waals surface area contributed by atoms with E-state index < -0.39 is 0 Å². The highest BCUT2D eigenvalue weighted by atomic mass is 16.1. The van der Waals surface area contributed by atoms with E-state index in [0.717, 1.165) is 38.8 Å². The van der Waals surface area contributed by atoms with Crippen molar-refractivity contribution in [3.63, 3.8) is 0 Å². The summed E-state index contributed by atoms with van der Waals surface area (Å²) in [6, 6.07) is 10.8. The molecular formula is C17H26N2O. The maximum absolute atomic E-state index is 12.2. The van der Waals surface area contributed by atoms with Gasteiger partial charge in [-0.25, -0.2) is 0 Å². The van der Waals surface area contributed by atoms with Gasteiger partial charge in [0.1, 0.15) is 0 Å². The SMILES string of the molecule is CCC(CC)NC(=O)C1CCN(c2ccccc2)CC1. The molecule has 110 valence electrons. The number of piperidine rings is 1. The van der Waals surface area contributed by atoms with Crippen LogP contribution in [0.4, 0.5) is 5.69 Å². The van der Waals surface area contributed by atoms with Gasteiger partial charge < -0.3 is 10.2 Å². The summed E-state index contributed by atoms with van der Waals surface area (Å²) in [7, 11) is 0. The monoisotopic (exact) mass is 274 g/mol. The van der Waals surface area contributed by atoms with Crippen LogP contribution in [0.2, 0.25) is 0 Å². The van der Waals surface area contributed by atoms with Crippen molar-refractivity contribution in [1.82, 2.24) is 5.32 Å². The molecule has 1 fully saturated rings. The first kappa shape index (κ1) is 14.9. The second kappa shape index (κ2) is 7.32. The average Bonchev–Trinajstić information content (AvgIpc) is 2.53. The molecule has 0 radical (unpaired) electrons. The molecule has 2 rings (SSSR count). The highest BCUT2D eigenvalue weighted by molar-refractivity contribution is 5.79. The van der Waals surface area contributed by atoms with Crippen LogP contribution in [0.3, 0.4) is 0 Å². The minimum atomic E-state index is 0.190. The summed E-state index contributed by atoms with van der Waals surface area (Å²) >= 11 is 0. The smallest absolute Gasteiger partial charge is 0.223 e. The summed E-state index contributed by atoms with van der Waals surface area (Å²) in [5.74, 6) is 0.446. The summed E-state index contributed by atoms with van der Waals surface area (Å²) < 4.78 is 0. The maximum atomic E-state index is 12.2. The molecule has 1 aromatic rings. The minimum Gasteiger partial charge on any atom is -0.371 e. The van der Waals surface area contributed by atoms with Gasteiger partial charge in [0.25, 0.3) is 0 Å². The van der Waals surface area contributed by atoms with Gasteiger partial charge in [0, 0.05) is 30.7 Å². The number of amides is 1. The molecule has 1 aliphatic rings. The Morgan fingerprint density at radius 3 is 2.35 bits per heavy atom. The van der Waals surface area contributed by atoms with Crippen LogP contribution in [0.1, 0.15) is 39.5 Å². The molecule has 20 heavy (non-hydrogen) atoms. The predicted molar refractivity (Wildman–Crippen MR) is 83.9 cm³/mol. The third kappa shape index (κ3) is 3.75. The Morgan fingerprint density at radius 2 is 1.80 bits per heavy atom. The summed E-state index contributed by atoms with van der Waals surface area (Å²) in [6.07, 6.45) is 3.96. The first-order valence-electron chi connectivity index (χ1n) is 7.85. The number of nitrogens with one attached hydrogen (secondary N) is 1. The van der Waals surface area contributed by atoms with Gasteiger partial charge in [-0.05, 0) is 37.8 Å². The molecule has 1 N–H and O–H groups in total. The third-order valence-electron chi connectivity index (χ3n) is 4.32. The van der Waals surface area contributed by atoms with Crippen molar-refractivity contribution in [2.24, 2.45) is 5.92 Å². The zero-order chi connectivity index (χ0) is 14.4. The zero-order valence-electron chi connectivity index (χ0n) is 12.6. The van der Waals surface area contributed by atoms with E-state index in [-0.39, 0.29) is 11.8 Å². The standard InChI is InChI=1S/C17H26N2O/c1-3-15(4-2)18-17(20)14-10-12-19(13-11-14)16-8-6-5-7-9-16/h5-9,14-15H,3-4,10-13H2,1-2H3,(H,18,20). The number of carbonyl (C=O) groups is 1. The molecule has 1 amide bonds. The van der Waals surface area contributed by atoms with Gasteiger partial charge in [-0.15, -0.1) is 0 Å². The molecule has 1 saturated heterocycles. The fourth-order valence-corrected chi connectivity index (χ4v) is 2.85. The highest BCUT2D eigenvalue weighted by Crippen LogP contribution is 2.23. The lowest BCUT2D eigenvalue weighted by Crippen LogP contribution is -2.43. The lowest BCUT2D eigenvalue weighted by molar-refractivity contribution is -0.126. The van der Waals surface area contributed by atoms with Crippen molar-refractivity contribution in [3.8, 4) is 0 Å². The van der Waals surface area contributed by atoms with E-state index in [1.165, 1.54) is 5.69 Å². The topological polar surface area (TPSA) is 32.3 Å². The Bertz CT molecular complexity index is 406. The number of rotatable bonds is 5. The zero-order valence-corrected chi connectivity index (χ0v) is 12.6. The van der Waals surface area contributed by atoms with Crippen molar-refractivity contribution in [1.29, 1.82) is 0 Å². The Kier molecular flexibility index (Phi) is 5.45. The quantitative estimate of drug-likeness (QED) is 0.894. The summed E-state index contributed by atoms with van der Waals surface area (Å²) in [4.78, 5) is 14.6. The predicted octanol–water partition coefficient (Wildman–Crippen LogP) is 3.21. The first-order valence-corrected chi connectivity index (χ1v) is 7.85. The van der Waals surface area contributed by atoms with Gasteiger partial charge in [-0.3, -0.25) is 4.79 Å². The summed E-state index contributed by atoms with van der Waals surface area (Å²) in [5, 5.41) is 3.18. The molecule has 0 atom stereocenters. The van der Waals surface area contributed by atoms with E-state index in [1.54, 1.807) is 0 Å². The van der Waals surface area contributed by atoms with E-state index in [9.17, 15) is 4.79 Å². The lowest BCUT2D eigenvalue weighted by atomic mass is 9.95. The van der Waals surface area contributed by atoms with Gasteiger partial charge >= 0.3 is 0 Å². The van der Waals surface area contributed by atoms with Crippen molar-refractivity contribution in [3.05, 3.63) is 30.3 Å². The third-order valence-corrected chi connectivity index (χ3v) is 4.32. The highest BCUT2D eigenvalue weighted by Gasteiger charge is 2.25. The van der Waals surface area contributed by atoms with Crippen LogP contribution in [0.5, 0.6) is 0 Å². The molecule has 3 nitrogen and oxygen atoms in total. The van der Waals surface area contributed by atoms with Crippen molar-refractivity contribution >= 4 is 11.6 Å². The molecule has 0 spiro atoms. The van der Waals surface area contributed by atoms with Crippen molar-refractivity contribution < 1.29 is 4.79 Å². The number of para-hydroxylation sites is 1. The number of hydrogen-bond donors (Lipinski definition) is 1. The molecule has 0 aliphatic carbocycles. The minimum absolute atomic E-state index is 0.190. The Morgan fingerprint density at radius 1 is 1.20 bits per heavy atom. The Balaban J connectivity index is 1.83. The Hall–Kier alpha value is -1.51. The summed E-state index contributed by atoms with van der Waals surface area (Å²) in [5.41, 5.74) is 1.27. The van der Waals surface area contributed by atoms with Crippen LogP contribution in [-0.4, -0.2) is 25.0 Å². The summed E-state index contributed by atoms with van der Waals surface area (Å²) in [6.45, 7) is 6.22. The number of nitrogens with zero attached hydrogens (tertiary/aromatic N) is 1. The second-order valence-corrected chi connectivity index (χ2v) is 5.62. The molecule has 0 aromatic heterocycles. The number of anilines is 1. The van der Waals surface area contributed by atoms with Gasteiger partial charge in [-0.2, -0.15) is 0 Å². The molecule has 0 saturated carbocycles. The molecule has 1 aliphatic heterocycles. The fourth-order valence-electron chi connectivity index (χ4n) is 2.85. The fraction of sp³-hybridized carbons (Fsp3) is 0.588. The largest absolute Gasteiger partial charge is 0.371 e. The van der Waals surface area contributed by atoms with Crippen LogP contribution in [0.15, 0.2) is 30.3 Å². The van der Waals surface area contributed by atoms with Crippen LogP contribution >= 0.6 is 0 Å². The number of carbonyl (C=O) groups excluding carboxylic acids is 1. The molecule has 0 bridgehead atoms. The number of benzene rings is 1. The second-order valence-electron chi connectivity index (χ2n) is 5.62. The van der Waals surface area contributed by atoms with E-state index in [2.05, 4.69) is 48.3 Å². The van der Waals surface area contributed by atoms with E-state index in [1.807, 2.05) is 6.07 Å². The average molecular weight is 274 g/mol. The normalized spacial score (nSPS) is 16.4. The molecule has 3 heteroatoms. The van der Waals surface area contributed by atoms with Crippen LogP contribution in [-0.2, 0) is 4.79 Å². The van der Waals surface area contributed by atoms with Gasteiger partial charge in [0.05, 0.1) is 0 Å². The van der Waals surface area contributed by atoms with E-state index >= 15 is 0 Å². The van der Waals surface area contributed by atoms with Crippen molar-refractivity contribution in [2.45, 2.75) is 45.6 Å². The van der Waals surface area contributed by atoms with Crippen LogP contribution in [0, 0.1) is 5.92 Å². The number of hydrogen-bond acceptors (Lipinski definition) is 2. The van der Waals surface area contributed by atoms with E-state index in [4.69, 9.17) is 0 Å². The molecular weight excluding hydrogens is 248 g/mol. The first-order chi connectivity index (χ1) is 9.74. The van der Waals surface area contributed by atoms with E-state index in [0.29, 0.717) is 6.04 Å². The maximum Gasteiger partial charge on any atom is 0.223 e. The molecule has 0 unspecified atom stereocenters. The molecule has 1 aromatic carbocycles. The van der Waals surface area contributed by atoms with Crippen LogP contribution < -0.4 is 10.2 Å². The van der Waals surface area contributed by atoms with Gasteiger partial charge in [0.2, 0.25) is 5.91 Å². The van der Waals surface area contributed by atoms with Gasteiger partial charge in [0.15, 0.2) is 0 Å². The van der Waals surface area contributed by atoms with Crippen molar-refractivity contribution in [2.75, 3.05) is 18.0 Å². The molecule has 1 heterocycles. The van der Waals surface area contributed by atoms with Crippen LogP contribution in [0.25, 0.3) is 0 Å².